The molecule has 3 aliphatic heterocycles. The highest BCUT2D eigenvalue weighted by Gasteiger charge is 2.74. The summed E-state index contributed by atoms with van der Waals surface area (Å²) in [6, 6.07) is 14.7. The summed E-state index contributed by atoms with van der Waals surface area (Å²) in [4.78, 5) is 42.0. The number of likely N-dealkylation sites (tertiary alicyclic amines) is 1. The van der Waals surface area contributed by atoms with Gasteiger partial charge >= 0.3 is 0 Å². The van der Waals surface area contributed by atoms with Gasteiger partial charge in [0.25, 0.3) is 5.91 Å². The average molecular weight is 420 g/mol. The lowest BCUT2D eigenvalue weighted by atomic mass is 9.76. The summed E-state index contributed by atoms with van der Waals surface area (Å²) in [5.74, 6) is -1.23. The van der Waals surface area contributed by atoms with Crippen molar-refractivity contribution in [2.45, 2.75) is 32.0 Å². The summed E-state index contributed by atoms with van der Waals surface area (Å²) in [5.41, 5.74) is 1.16. The molecule has 3 heterocycles. The molecule has 7 heteroatoms. The van der Waals surface area contributed by atoms with Crippen molar-refractivity contribution in [3.8, 4) is 5.75 Å². The zero-order valence-electron chi connectivity index (χ0n) is 17.8. The van der Waals surface area contributed by atoms with Gasteiger partial charge in [-0.15, -0.1) is 0 Å². The van der Waals surface area contributed by atoms with E-state index in [1.165, 1.54) is 4.90 Å². The number of rotatable bonds is 4. The fourth-order valence-corrected chi connectivity index (χ4v) is 5.67. The summed E-state index contributed by atoms with van der Waals surface area (Å²) in [5, 5.41) is 4.92. The Kier molecular flexibility index (Phi) is 4.41. The second-order valence-electron chi connectivity index (χ2n) is 8.93. The Hall–Kier alpha value is -3.19. The number of para-hydroxylation sites is 2. The number of carbonyl (C=O) groups excluding carboxylic acids is 3. The van der Waals surface area contributed by atoms with Crippen molar-refractivity contribution in [2.75, 3.05) is 12.4 Å². The van der Waals surface area contributed by atoms with Gasteiger partial charge < -0.3 is 15.4 Å². The van der Waals surface area contributed by atoms with E-state index in [0.29, 0.717) is 5.75 Å². The molecule has 31 heavy (non-hydrogen) atoms. The van der Waals surface area contributed by atoms with Crippen molar-refractivity contribution >= 4 is 23.4 Å². The number of nitrogens with one attached hydrogen (secondary N) is 1. The number of methoxy groups -OCH3 is 1. The largest absolute Gasteiger partial charge is 0.496 e. The zero-order valence-corrected chi connectivity index (χ0v) is 17.8. The highest BCUT2D eigenvalue weighted by atomic mass is 16.5. The van der Waals surface area contributed by atoms with Gasteiger partial charge in [-0.3, -0.25) is 19.3 Å². The van der Waals surface area contributed by atoms with Crippen LogP contribution >= 0.6 is 0 Å². The predicted molar refractivity (Wildman–Crippen MR) is 113 cm³/mol. The smallest absolute Gasteiger partial charge is 0.291 e. The highest BCUT2D eigenvalue weighted by Crippen LogP contribution is 2.50. The molecule has 5 rings (SSSR count). The normalized spacial score (nSPS) is 29.0. The van der Waals surface area contributed by atoms with Crippen LogP contribution in [0, 0.1) is 17.8 Å². The number of carbonyl (C=O) groups is 3. The van der Waals surface area contributed by atoms with Crippen LogP contribution in [0.4, 0.5) is 5.69 Å². The first-order chi connectivity index (χ1) is 14.9. The molecule has 1 spiro atoms. The van der Waals surface area contributed by atoms with Crippen molar-refractivity contribution in [3.05, 3.63) is 59.7 Å². The first kappa shape index (κ1) is 19.8. The van der Waals surface area contributed by atoms with E-state index >= 15 is 0 Å². The molecule has 4 atom stereocenters. The lowest BCUT2D eigenvalue weighted by molar-refractivity contribution is -0.738. The van der Waals surface area contributed by atoms with E-state index in [2.05, 4.69) is 5.32 Å². The van der Waals surface area contributed by atoms with Gasteiger partial charge in [-0.1, -0.05) is 50.2 Å². The number of imide groups is 1. The highest BCUT2D eigenvalue weighted by molar-refractivity contribution is 6.13. The third-order valence-corrected chi connectivity index (χ3v) is 7.09. The molecule has 0 radical (unpaired) electrons. The average Bonchev–Trinajstić information content (AvgIpc) is 3.35. The minimum absolute atomic E-state index is 0.121. The van der Waals surface area contributed by atoms with Gasteiger partial charge in [0.05, 0.1) is 19.3 Å². The molecule has 0 saturated carbocycles. The fraction of sp³-hybridized carbons (Fsp3) is 0.375. The summed E-state index contributed by atoms with van der Waals surface area (Å²) in [6.45, 7) is 4.21. The summed E-state index contributed by atoms with van der Waals surface area (Å²) < 4.78 is 5.42. The van der Waals surface area contributed by atoms with Gasteiger partial charge in [0.2, 0.25) is 17.4 Å². The van der Waals surface area contributed by atoms with Crippen molar-refractivity contribution in [1.82, 2.24) is 4.90 Å². The summed E-state index contributed by atoms with van der Waals surface area (Å²) >= 11 is 0. The van der Waals surface area contributed by atoms with E-state index in [4.69, 9.17) is 4.74 Å². The van der Waals surface area contributed by atoms with Gasteiger partial charge in [-0.2, -0.15) is 0 Å². The molecule has 2 saturated heterocycles. The number of hydrogen-bond acceptors (Lipinski definition) is 4. The van der Waals surface area contributed by atoms with Crippen molar-refractivity contribution in [2.24, 2.45) is 17.8 Å². The van der Waals surface area contributed by atoms with E-state index < -0.39 is 17.4 Å². The number of ether oxygens (including phenoxy) is 1. The van der Waals surface area contributed by atoms with Crippen LogP contribution in [0.5, 0.6) is 5.75 Å². The molecule has 0 aliphatic carbocycles. The molecule has 3 N–H and O–H groups in total. The Morgan fingerprint density at radius 1 is 1.06 bits per heavy atom. The van der Waals surface area contributed by atoms with Gasteiger partial charge in [0.1, 0.15) is 23.6 Å². The van der Waals surface area contributed by atoms with Gasteiger partial charge in [-0.05, 0) is 12.1 Å². The molecule has 3 aliphatic rings. The molecular weight excluding hydrogens is 394 g/mol. The number of nitrogens with two attached hydrogens (primary N) is 1. The van der Waals surface area contributed by atoms with Crippen LogP contribution in [-0.2, 0) is 26.5 Å². The molecule has 2 aromatic rings. The number of amides is 3. The number of hydrogen-bond donors (Lipinski definition) is 2. The maximum absolute atomic E-state index is 13.8. The second kappa shape index (κ2) is 6.92. The third kappa shape index (κ3) is 2.59. The van der Waals surface area contributed by atoms with Crippen molar-refractivity contribution in [1.29, 1.82) is 0 Å². The van der Waals surface area contributed by atoms with Crippen LogP contribution in [0.2, 0.25) is 0 Å². The fourth-order valence-electron chi connectivity index (χ4n) is 5.67. The molecule has 160 valence electrons. The number of quaternary nitrogens is 1. The number of nitrogens with zero attached hydrogens (tertiary/aromatic N) is 1. The molecule has 7 nitrogen and oxygen atoms in total. The number of benzene rings is 2. The standard InChI is InChI=1S/C24H25N3O4/c1-13(2)20-18-19(24(26-20)15-9-5-6-10-16(15)25-23(24)30)22(29)27(21(18)28)12-14-8-4-7-11-17(14)31-3/h4-11,13,18-20,26H,12H2,1-3H3,(H,25,30)/p+1/t18-,19+,20-,24-/m0/s1. The zero-order chi connectivity index (χ0) is 21.9. The maximum atomic E-state index is 13.8. The first-order valence-electron chi connectivity index (χ1n) is 10.6. The third-order valence-electron chi connectivity index (χ3n) is 7.09. The SMILES string of the molecule is COc1ccccc1CN1C(=O)[C@@H]2[C@H](C(C)C)[NH2+][C@]3(C(=O)Nc4ccccc43)[C@H]2C1=O. The molecule has 3 amide bonds. The van der Waals surface area contributed by atoms with Crippen LogP contribution < -0.4 is 15.4 Å². The Morgan fingerprint density at radius 2 is 1.77 bits per heavy atom. The van der Waals surface area contributed by atoms with Crippen LogP contribution in [-0.4, -0.2) is 35.8 Å². The Bertz CT molecular complexity index is 1100. The lowest BCUT2D eigenvalue weighted by Gasteiger charge is -2.27. The predicted octanol–water partition coefficient (Wildman–Crippen LogP) is 1.25. The van der Waals surface area contributed by atoms with Gasteiger partial charge in [0, 0.05) is 17.0 Å². The quantitative estimate of drug-likeness (QED) is 0.728. The molecule has 0 bridgehead atoms. The Morgan fingerprint density at radius 3 is 2.52 bits per heavy atom. The second-order valence-corrected chi connectivity index (χ2v) is 8.93. The first-order valence-corrected chi connectivity index (χ1v) is 10.6. The topological polar surface area (TPSA) is 92.3 Å². The molecule has 0 unspecified atom stereocenters. The van der Waals surface area contributed by atoms with E-state index in [-0.39, 0.29) is 36.2 Å². The molecular formula is C24H26N3O4+. The molecule has 2 fully saturated rings. The van der Waals surface area contributed by atoms with E-state index in [9.17, 15) is 14.4 Å². The van der Waals surface area contributed by atoms with Gasteiger partial charge in [-0.25, -0.2) is 0 Å². The van der Waals surface area contributed by atoms with Crippen molar-refractivity contribution < 1.29 is 24.4 Å². The van der Waals surface area contributed by atoms with Crippen molar-refractivity contribution in [3.63, 3.8) is 0 Å². The minimum atomic E-state index is -1.11. The molecule has 0 aromatic heterocycles. The summed E-state index contributed by atoms with van der Waals surface area (Å²) in [6.07, 6.45) is 0. The lowest BCUT2D eigenvalue weighted by Crippen LogP contribution is -2.99. The van der Waals surface area contributed by atoms with Crippen LogP contribution in [0.15, 0.2) is 48.5 Å². The van der Waals surface area contributed by atoms with E-state index in [0.717, 1.165) is 16.8 Å². The van der Waals surface area contributed by atoms with E-state index in [1.807, 2.05) is 67.7 Å². The maximum Gasteiger partial charge on any atom is 0.291 e. The van der Waals surface area contributed by atoms with Crippen LogP contribution in [0.1, 0.15) is 25.0 Å². The Labute approximate surface area is 180 Å². The summed E-state index contributed by atoms with van der Waals surface area (Å²) in [7, 11) is 1.57. The van der Waals surface area contributed by atoms with E-state index in [1.54, 1.807) is 7.11 Å². The minimum Gasteiger partial charge on any atom is -0.496 e. The Balaban J connectivity index is 1.60. The van der Waals surface area contributed by atoms with Crippen LogP contribution in [0.25, 0.3) is 0 Å². The van der Waals surface area contributed by atoms with Crippen LogP contribution in [0.3, 0.4) is 0 Å². The number of fused-ring (bicyclic) bond motifs is 4. The van der Waals surface area contributed by atoms with Gasteiger partial charge in [0.15, 0.2) is 0 Å². The number of anilines is 1. The monoisotopic (exact) mass is 420 g/mol. The molecule has 2 aromatic carbocycles.